The minimum atomic E-state index is -3.60. The third-order valence-electron chi connectivity index (χ3n) is 2.26. The molecule has 4 nitrogen and oxygen atoms in total. The monoisotopic (exact) mass is 268 g/mol. The smallest absolute Gasteiger partial charge is 0.238 e. The number of hydrogen-bond acceptors (Lipinski definition) is 4. The van der Waals surface area contributed by atoms with Crippen LogP contribution in [0.1, 0.15) is 5.56 Å². The van der Waals surface area contributed by atoms with Crippen molar-refractivity contribution in [1.82, 2.24) is 0 Å². The van der Waals surface area contributed by atoms with Crippen LogP contribution >= 0.6 is 11.3 Å². The Bertz CT molecular complexity index is 574. The molecule has 0 atom stereocenters. The predicted molar refractivity (Wildman–Crippen MR) is 69.5 cm³/mol. The molecule has 0 spiro atoms. The zero-order valence-electron chi connectivity index (χ0n) is 8.96. The van der Waals surface area contributed by atoms with Crippen LogP contribution in [0.4, 0.5) is 5.69 Å². The topological polar surface area (TPSA) is 72.2 Å². The molecule has 1 aromatic carbocycles. The van der Waals surface area contributed by atoms with Crippen molar-refractivity contribution in [2.24, 2.45) is 5.14 Å². The Kier molecular flexibility index (Phi) is 3.46. The summed E-state index contributed by atoms with van der Waals surface area (Å²) in [7, 11) is -3.60. The van der Waals surface area contributed by atoms with E-state index < -0.39 is 10.0 Å². The third kappa shape index (κ3) is 3.29. The van der Waals surface area contributed by atoms with E-state index in [9.17, 15) is 8.42 Å². The van der Waals surface area contributed by atoms with Gasteiger partial charge in [0.15, 0.2) is 0 Å². The van der Waals surface area contributed by atoms with E-state index in [0.29, 0.717) is 0 Å². The lowest BCUT2D eigenvalue weighted by molar-refractivity contribution is 0.598. The molecule has 0 saturated heterocycles. The second kappa shape index (κ2) is 4.87. The van der Waals surface area contributed by atoms with Crippen molar-refractivity contribution in [1.29, 1.82) is 0 Å². The van der Waals surface area contributed by atoms with E-state index in [0.717, 1.165) is 12.2 Å². The molecule has 0 amide bonds. The standard InChI is InChI=1S/C11H12N2O2S2/c12-17(14,15)11-3-1-10(2-4-11)13-7-9-5-6-16-8-9/h1-6,8,13H,7H2,(H2,12,14,15). The summed E-state index contributed by atoms with van der Waals surface area (Å²) in [5.74, 6) is 0. The van der Waals surface area contributed by atoms with E-state index in [1.54, 1.807) is 23.5 Å². The van der Waals surface area contributed by atoms with E-state index >= 15 is 0 Å². The molecule has 0 aliphatic heterocycles. The number of thiophene rings is 1. The summed E-state index contributed by atoms with van der Waals surface area (Å²) in [5, 5.41) is 12.3. The van der Waals surface area contributed by atoms with Gasteiger partial charge in [-0.2, -0.15) is 11.3 Å². The Labute approximate surface area is 104 Å². The van der Waals surface area contributed by atoms with Crippen LogP contribution in [0.15, 0.2) is 46.0 Å². The van der Waals surface area contributed by atoms with Crippen LogP contribution in [0.25, 0.3) is 0 Å². The number of nitrogens with one attached hydrogen (secondary N) is 1. The largest absolute Gasteiger partial charge is 0.381 e. The molecule has 0 unspecified atom stereocenters. The molecule has 6 heteroatoms. The van der Waals surface area contributed by atoms with Gasteiger partial charge in [-0.25, -0.2) is 13.6 Å². The molecule has 0 saturated carbocycles. The number of sulfonamides is 1. The lowest BCUT2D eigenvalue weighted by Crippen LogP contribution is -2.11. The molecule has 0 fully saturated rings. The quantitative estimate of drug-likeness (QED) is 0.891. The van der Waals surface area contributed by atoms with Crippen LogP contribution in [0, 0.1) is 0 Å². The zero-order chi connectivity index (χ0) is 12.3. The SMILES string of the molecule is NS(=O)(=O)c1ccc(NCc2ccsc2)cc1. The molecule has 2 rings (SSSR count). The average molecular weight is 268 g/mol. The maximum atomic E-state index is 11.0. The first-order chi connectivity index (χ1) is 8.05. The highest BCUT2D eigenvalue weighted by atomic mass is 32.2. The molecular formula is C11H12N2O2S2. The van der Waals surface area contributed by atoms with E-state index in [2.05, 4.69) is 10.7 Å². The van der Waals surface area contributed by atoms with Gasteiger partial charge in [0.2, 0.25) is 10.0 Å². The van der Waals surface area contributed by atoms with Gasteiger partial charge in [0.05, 0.1) is 4.90 Å². The molecule has 1 aromatic heterocycles. The number of rotatable bonds is 4. The summed E-state index contributed by atoms with van der Waals surface area (Å²) in [6, 6.07) is 8.42. The fourth-order valence-electron chi connectivity index (χ4n) is 1.36. The number of hydrogen-bond donors (Lipinski definition) is 2. The maximum absolute atomic E-state index is 11.0. The van der Waals surface area contributed by atoms with Crippen LogP contribution in [0.3, 0.4) is 0 Å². The fraction of sp³-hybridized carbons (Fsp3) is 0.0909. The summed E-state index contributed by atoms with van der Waals surface area (Å²) in [5.41, 5.74) is 2.06. The van der Waals surface area contributed by atoms with Gasteiger partial charge in [0.1, 0.15) is 0 Å². The summed E-state index contributed by atoms with van der Waals surface area (Å²) >= 11 is 1.64. The van der Waals surface area contributed by atoms with Crippen LogP contribution in [-0.2, 0) is 16.6 Å². The van der Waals surface area contributed by atoms with Gasteiger partial charge in [0, 0.05) is 12.2 Å². The molecule has 0 aliphatic carbocycles. The van der Waals surface area contributed by atoms with E-state index in [4.69, 9.17) is 5.14 Å². The summed E-state index contributed by atoms with van der Waals surface area (Å²) in [4.78, 5) is 0.124. The van der Waals surface area contributed by atoms with Gasteiger partial charge in [-0.3, -0.25) is 0 Å². The molecule has 3 N–H and O–H groups in total. The Morgan fingerprint density at radius 2 is 1.88 bits per heavy atom. The van der Waals surface area contributed by atoms with Gasteiger partial charge in [-0.1, -0.05) is 0 Å². The minimum absolute atomic E-state index is 0.124. The van der Waals surface area contributed by atoms with E-state index in [-0.39, 0.29) is 4.90 Å². The highest BCUT2D eigenvalue weighted by Gasteiger charge is 2.06. The Morgan fingerprint density at radius 3 is 2.41 bits per heavy atom. The molecule has 0 aliphatic rings. The molecule has 0 bridgehead atoms. The van der Waals surface area contributed by atoms with Crippen molar-refractivity contribution >= 4 is 27.0 Å². The summed E-state index contributed by atoms with van der Waals surface area (Å²) in [6.45, 7) is 0.720. The first-order valence-electron chi connectivity index (χ1n) is 4.93. The highest BCUT2D eigenvalue weighted by molar-refractivity contribution is 7.89. The molecule has 90 valence electrons. The Morgan fingerprint density at radius 1 is 1.18 bits per heavy atom. The third-order valence-corrected chi connectivity index (χ3v) is 3.92. The summed E-state index contributed by atoms with van der Waals surface area (Å²) in [6.07, 6.45) is 0. The van der Waals surface area contributed by atoms with E-state index in [1.165, 1.54) is 17.7 Å². The van der Waals surface area contributed by atoms with Gasteiger partial charge in [0.25, 0.3) is 0 Å². The van der Waals surface area contributed by atoms with Crippen LogP contribution in [-0.4, -0.2) is 8.42 Å². The van der Waals surface area contributed by atoms with Gasteiger partial charge < -0.3 is 5.32 Å². The van der Waals surface area contributed by atoms with Crippen LogP contribution < -0.4 is 10.5 Å². The number of primary sulfonamides is 1. The molecule has 0 radical (unpaired) electrons. The van der Waals surface area contributed by atoms with Crippen molar-refractivity contribution < 1.29 is 8.42 Å². The van der Waals surface area contributed by atoms with Crippen LogP contribution in [0.2, 0.25) is 0 Å². The molecule has 17 heavy (non-hydrogen) atoms. The lowest BCUT2D eigenvalue weighted by Gasteiger charge is -2.05. The lowest BCUT2D eigenvalue weighted by atomic mass is 10.3. The van der Waals surface area contributed by atoms with Crippen molar-refractivity contribution in [2.45, 2.75) is 11.4 Å². The second-order valence-corrected chi connectivity index (χ2v) is 5.90. The number of nitrogens with two attached hydrogens (primary N) is 1. The Balaban J connectivity index is 2.04. The number of benzene rings is 1. The molecule has 2 aromatic rings. The predicted octanol–water partition coefficient (Wildman–Crippen LogP) is 2.01. The van der Waals surface area contributed by atoms with Crippen molar-refractivity contribution in [3.05, 3.63) is 46.7 Å². The van der Waals surface area contributed by atoms with Crippen molar-refractivity contribution in [3.63, 3.8) is 0 Å². The fourth-order valence-corrected chi connectivity index (χ4v) is 2.54. The maximum Gasteiger partial charge on any atom is 0.238 e. The summed E-state index contributed by atoms with van der Waals surface area (Å²) < 4.78 is 22.1. The van der Waals surface area contributed by atoms with Crippen molar-refractivity contribution in [3.8, 4) is 0 Å². The Hall–Kier alpha value is -1.37. The first-order valence-corrected chi connectivity index (χ1v) is 7.42. The normalized spacial score (nSPS) is 11.4. The van der Waals surface area contributed by atoms with E-state index in [1.807, 2.05) is 11.4 Å². The van der Waals surface area contributed by atoms with Gasteiger partial charge in [-0.05, 0) is 46.7 Å². The zero-order valence-corrected chi connectivity index (χ0v) is 10.6. The minimum Gasteiger partial charge on any atom is -0.381 e. The first kappa shape index (κ1) is 12.1. The van der Waals surface area contributed by atoms with Gasteiger partial charge >= 0.3 is 0 Å². The molecular weight excluding hydrogens is 256 g/mol. The second-order valence-electron chi connectivity index (χ2n) is 3.55. The molecule has 1 heterocycles. The van der Waals surface area contributed by atoms with Crippen LogP contribution in [0.5, 0.6) is 0 Å². The van der Waals surface area contributed by atoms with Crippen molar-refractivity contribution in [2.75, 3.05) is 5.32 Å². The van der Waals surface area contributed by atoms with Gasteiger partial charge in [-0.15, -0.1) is 0 Å². The highest BCUT2D eigenvalue weighted by Crippen LogP contribution is 2.14. The number of anilines is 1. The average Bonchev–Trinajstić information content (AvgIpc) is 2.78.